The number of H-pyrrole nitrogens is 1. The molecule has 1 fully saturated rings. The monoisotopic (exact) mass is 367 g/mol. The number of piperidine rings is 1. The van der Waals surface area contributed by atoms with E-state index in [0.29, 0.717) is 24.2 Å². The fraction of sp³-hybridized carbons (Fsp3) is 0.238. The van der Waals surface area contributed by atoms with E-state index in [9.17, 15) is 13.6 Å². The van der Waals surface area contributed by atoms with Crippen molar-refractivity contribution in [3.63, 3.8) is 0 Å². The van der Waals surface area contributed by atoms with Crippen LogP contribution < -0.4 is 0 Å². The number of fused-ring (bicyclic) bond motifs is 1. The Morgan fingerprint density at radius 1 is 1.11 bits per heavy atom. The van der Waals surface area contributed by atoms with Crippen LogP contribution in [0.25, 0.3) is 17.1 Å². The third kappa shape index (κ3) is 3.89. The number of hydrogen-bond acceptors (Lipinski definition) is 2. The van der Waals surface area contributed by atoms with Gasteiger partial charge < -0.3 is 9.88 Å². The predicted octanol–water partition coefficient (Wildman–Crippen LogP) is 4.26. The van der Waals surface area contributed by atoms with Gasteiger partial charge in [0.15, 0.2) is 0 Å². The van der Waals surface area contributed by atoms with Crippen LogP contribution in [0.2, 0.25) is 0 Å². The van der Waals surface area contributed by atoms with Crippen LogP contribution in [0, 0.1) is 11.6 Å². The number of hydrogen-bond donors (Lipinski definition) is 1. The van der Waals surface area contributed by atoms with Gasteiger partial charge in [-0.1, -0.05) is 12.1 Å². The molecule has 1 aromatic heterocycles. The molecule has 27 heavy (non-hydrogen) atoms. The molecule has 1 N–H and O–H groups in total. The van der Waals surface area contributed by atoms with E-state index >= 15 is 0 Å². The number of rotatable bonds is 3. The van der Waals surface area contributed by atoms with E-state index in [2.05, 4.69) is 9.97 Å². The number of aromatic nitrogens is 2. The van der Waals surface area contributed by atoms with E-state index in [-0.39, 0.29) is 23.5 Å². The summed E-state index contributed by atoms with van der Waals surface area (Å²) in [7, 11) is 0. The van der Waals surface area contributed by atoms with Gasteiger partial charge in [-0.25, -0.2) is 13.8 Å². The molecule has 0 atom stereocenters. The highest BCUT2D eigenvalue weighted by molar-refractivity contribution is 5.91. The fourth-order valence-electron chi connectivity index (χ4n) is 3.45. The van der Waals surface area contributed by atoms with E-state index in [1.165, 1.54) is 30.3 Å². The van der Waals surface area contributed by atoms with Crippen molar-refractivity contribution in [2.75, 3.05) is 13.1 Å². The van der Waals surface area contributed by atoms with Crippen molar-refractivity contribution in [2.45, 2.75) is 18.8 Å². The second kappa shape index (κ2) is 7.31. The van der Waals surface area contributed by atoms with Gasteiger partial charge in [0.2, 0.25) is 5.91 Å². The smallest absolute Gasteiger partial charge is 0.246 e. The first-order valence-electron chi connectivity index (χ1n) is 8.96. The van der Waals surface area contributed by atoms with E-state index in [4.69, 9.17) is 0 Å². The van der Waals surface area contributed by atoms with Gasteiger partial charge in [-0.3, -0.25) is 4.79 Å². The van der Waals surface area contributed by atoms with Crippen LogP contribution in [0.15, 0.2) is 48.5 Å². The summed E-state index contributed by atoms with van der Waals surface area (Å²) in [5.74, 6) is 0.374. The number of aromatic amines is 1. The Labute approximate surface area is 155 Å². The average molecular weight is 367 g/mol. The number of benzene rings is 2. The minimum atomic E-state index is -0.323. The van der Waals surface area contributed by atoms with Crippen molar-refractivity contribution in [3.8, 4) is 0 Å². The van der Waals surface area contributed by atoms with Crippen LogP contribution in [0.1, 0.15) is 30.1 Å². The second-order valence-electron chi connectivity index (χ2n) is 6.77. The Bertz CT molecular complexity index is 1000. The van der Waals surface area contributed by atoms with Gasteiger partial charge >= 0.3 is 0 Å². The molecule has 0 saturated carbocycles. The summed E-state index contributed by atoms with van der Waals surface area (Å²) in [4.78, 5) is 21.9. The molecule has 6 heteroatoms. The average Bonchev–Trinajstić information content (AvgIpc) is 3.09. The summed E-state index contributed by atoms with van der Waals surface area (Å²) in [6.45, 7) is 1.25. The molecule has 0 bridgehead atoms. The zero-order valence-corrected chi connectivity index (χ0v) is 14.7. The summed E-state index contributed by atoms with van der Waals surface area (Å²) in [5.41, 5.74) is 2.11. The molecule has 2 heterocycles. The normalized spacial score (nSPS) is 15.7. The number of imidazole rings is 1. The van der Waals surface area contributed by atoms with Crippen LogP contribution in [0.5, 0.6) is 0 Å². The molecule has 3 aromatic rings. The molecule has 1 aliphatic heterocycles. The van der Waals surface area contributed by atoms with Crippen LogP contribution in [0.3, 0.4) is 0 Å². The third-order valence-corrected chi connectivity index (χ3v) is 4.92. The Hall–Kier alpha value is -3.02. The van der Waals surface area contributed by atoms with Crippen molar-refractivity contribution in [2.24, 2.45) is 0 Å². The van der Waals surface area contributed by atoms with Crippen molar-refractivity contribution in [1.82, 2.24) is 14.9 Å². The highest BCUT2D eigenvalue weighted by Crippen LogP contribution is 2.28. The molecule has 138 valence electrons. The van der Waals surface area contributed by atoms with E-state index in [1.54, 1.807) is 29.2 Å². The summed E-state index contributed by atoms with van der Waals surface area (Å²) >= 11 is 0. The first-order valence-corrected chi connectivity index (χ1v) is 8.96. The standard InChI is InChI=1S/C21H19F2N3O/c22-16-3-1-2-14(12-16)4-7-20(27)26-10-8-15(9-11-26)21-24-18-6-5-17(23)13-19(18)25-21/h1-7,12-13,15H,8-11H2,(H,24,25)/b7-4+. The van der Waals surface area contributed by atoms with Crippen LogP contribution >= 0.6 is 0 Å². The summed E-state index contributed by atoms with van der Waals surface area (Å²) in [5, 5.41) is 0. The van der Waals surface area contributed by atoms with Crippen LogP contribution in [0.4, 0.5) is 8.78 Å². The number of nitrogens with zero attached hydrogens (tertiary/aromatic N) is 2. The zero-order valence-electron chi connectivity index (χ0n) is 14.7. The minimum absolute atomic E-state index is 0.0793. The van der Waals surface area contributed by atoms with Crippen molar-refractivity contribution < 1.29 is 13.6 Å². The van der Waals surface area contributed by atoms with Crippen molar-refractivity contribution in [1.29, 1.82) is 0 Å². The van der Waals surface area contributed by atoms with Gasteiger partial charge in [0.25, 0.3) is 0 Å². The van der Waals surface area contributed by atoms with Gasteiger partial charge in [0.1, 0.15) is 17.5 Å². The molecule has 0 radical (unpaired) electrons. The maximum atomic E-state index is 13.3. The molecule has 1 amide bonds. The first kappa shape index (κ1) is 17.4. The maximum Gasteiger partial charge on any atom is 0.246 e. The summed E-state index contributed by atoms with van der Waals surface area (Å²) in [6, 6.07) is 10.6. The Balaban J connectivity index is 1.38. The lowest BCUT2D eigenvalue weighted by atomic mass is 9.96. The first-order chi connectivity index (χ1) is 13.1. The minimum Gasteiger partial charge on any atom is -0.342 e. The van der Waals surface area contributed by atoms with E-state index in [0.717, 1.165) is 24.2 Å². The van der Waals surface area contributed by atoms with Crippen LogP contribution in [-0.4, -0.2) is 33.9 Å². The highest BCUT2D eigenvalue weighted by atomic mass is 19.1. The fourth-order valence-corrected chi connectivity index (χ4v) is 3.45. The van der Waals surface area contributed by atoms with Gasteiger partial charge in [0.05, 0.1) is 11.0 Å². The van der Waals surface area contributed by atoms with Gasteiger partial charge in [0, 0.05) is 25.1 Å². The topological polar surface area (TPSA) is 49.0 Å². The molecule has 0 spiro atoms. The van der Waals surface area contributed by atoms with E-state index in [1.807, 2.05) is 0 Å². The van der Waals surface area contributed by atoms with Crippen molar-refractivity contribution >= 4 is 23.0 Å². The predicted molar refractivity (Wildman–Crippen MR) is 100 cm³/mol. The van der Waals surface area contributed by atoms with Crippen LogP contribution in [-0.2, 0) is 4.79 Å². The number of carbonyl (C=O) groups excluding carboxylic acids is 1. The maximum absolute atomic E-state index is 13.3. The van der Waals surface area contributed by atoms with Gasteiger partial charge in [-0.05, 0) is 54.8 Å². The lowest BCUT2D eigenvalue weighted by Crippen LogP contribution is -2.37. The second-order valence-corrected chi connectivity index (χ2v) is 6.77. The molecule has 1 saturated heterocycles. The molecule has 0 unspecified atom stereocenters. The number of nitrogens with one attached hydrogen (secondary N) is 1. The Morgan fingerprint density at radius 2 is 1.89 bits per heavy atom. The summed E-state index contributed by atoms with van der Waals surface area (Å²) in [6.07, 6.45) is 4.70. The van der Waals surface area contributed by atoms with E-state index < -0.39 is 0 Å². The van der Waals surface area contributed by atoms with Crippen molar-refractivity contribution in [3.05, 3.63) is 71.6 Å². The molecule has 1 aliphatic rings. The Morgan fingerprint density at radius 3 is 2.67 bits per heavy atom. The molecule has 0 aliphatic carbocycles. The number of amides is 1. The largest absolute Gasteiger partial charge is 0.342 e. The quantitative estimate of drug-likeness (QED) is 0.703. The molecule has 4 nitrogen and oxygen atoms in total. The molecule has 2 aromatic carbocycles. The third-order valence-electron chi connectivity index (χ3n) is 4.92. The molecular formula is C21H19F2N3O. The SMILES string of the molecule is O=C(/C=C/c1cccc(F)c1)N1CCC(c2nc3ccc(F)cc3[nH]2)CC1. The lowest BCUT2D eigenvalue weighted by Gasteiger charge is -2.30. The number of halogens is 2. The van der Waals surface area contributed by atoms with Gasteiger partial charge in [-0.15, -0.1) is 0 Å². The number of likely N-dealkylation sites (tertiary alicyclic amines) is 1. The zero-order chi connectivity index (χ0) is 18.8. The lowest BCUT2D eigenvalue weighted by molar-refractivity contribution is -0.127. The summed E-state index contributed by atoms with van der Waals surface area (Å²) < 4.78 is 26.5. The Kier molecular flexibility index (Phi) is 4.71. The molecule has 4 rings (SSSR count). The highest BCUT2D eigenvalue weighted by Gasteiger charge is 2.24. The number of carbonyl (C=O) groups is 1. The van der Waals surface area contributed by atoms with Gasteiger partial charge in [-0.2, -0.15) is 0 Å². The molecular weight excluding hydrogens is 348 g/mol.